The first-order valence-corrected chi connectivity index (χ1v) is 8.22. The fourth-order valence-electron chi connectivity index (χ4n) is 2.53. The zero-order valence-corrected chi connectivity index (χ0v) is 13.9. The second kappa shape index (κ2) is 10.6. The Morgan fingerprint density at radius 1 is 1.00 bits per heavy atom. The topological polar surface area (TPSA) is 33.7 Å². The Hall–Kier alpha value is -0.160. The van der Waals surface area contributed by atoms with Crippen molar-refractivity contribution in [3.05, 3.63) is 0 Å². The molecule has 1 saturated heterocycles. The molecule has 120 valence electrons. The molecule has 1 N–H and O–H groups in total. The van der Waals surface area contributed by atoms with Crippen LogP contribution in [0.2, 0.25) is 0 Å². The molecule has 1 fully saturated rings. The van der Waals surface area contributed by atoms with Crippen LogP contribution in [0.15, 0.2) is 0 Å². The Morgan fingerprint density at radius 2 is 1.65 bits per heavy atom. The van der Waals surface area contributed by atoms with Gasteiger partial charge in [-0.1, -0.05) is 13.8 Å². The fraction of sp³-hybridized carbons (Fsp3) is 1.00. The molecule has 0 unspecified atom stereocenters. The van der Waals surface area contributed by atoms with E-state index in [1.807, 2.05) is 0 Å². The number of nitrogens with zero attached hydrogens (tertiary/aromatic N) is 1. The van der Waals surface area contributed by atoms with Gasteiger partial charge in [-0.05, 0) is 45.7 Å². The number of hydrogen-bond donors (Lipinski definition) is 1. The molecule has 0 aromatic heterocycles. The minimum Gasteiger partial charge on any atom is -0.379 e. The smallest absolute Gasteiger partial charge is 0.0701 e. The van der Waals surface area contributed by atoms with Crippen molar-refractivity contribution in [2.75, 3.05) is 46.1 Å². The van der Waals surface area contributed by atoms with Gasteiger partial charge < -0.3 is 19.7 Å². The average Bonchev–Trinajstić information content (AvgIpc) is 2.42. The number of ether oxygens (including phenoxy) is 2. The highest BCUT2D eigenvalue weighted by atomic mass is 16.5. The monoisotopic (exact) mass is 286 g/mol. The van der Waals surface area contributed by atoms with Crippen molar-refractivity contribution in [1.82, 2.24) is 10.2 Å². The lowest BCUT2D eigenvalue weighted by Crippen LogP contribution is -2.39. The average molecular weight is 286 g/mol. The van der Waals surface area contributed by atoms with Crippen molar-refractivity contribution in [1.29, 1.82) is 0 Å². The summed E-state index contributed by atoms with van der Waals surface area (Å²) < 4.78 is 11.3. The van der Waals surface area contributed by atoms with Crippen LogP contribution in [0, 0.1) is 5.92 Å². The maximum Gasteiger partial charge on any atom is 0.0701 e. The van der Waals surface area contributed by atoms with Crippen molar-refractivity contribution in [3.63, 3.8) is 0 Å². The fourth-order valence-corrected chi connectivity index (χ4v) is 2.53. The van der Waals surface area contributed by atoms with Gasteiger partial charge in [0, 0.05) is 25.2 Å². The summed E-state index contributed by atoms with van der Waals surface area (Å²) >= 11 is 0. The first-order valence-electron chi connectivity index (χ1n) is 8.22. The highest BCUT2D eigenvalue weighted by Crippen LogP contribution is 2.18. The normalized spacial score (nSPS) is 18.3. The summed E-state index contributed by atoms with van der Waals surface area (Å²) in [5, 5.41) is 3.33. The van der Waals surface area contributed by atoms with Gasteiger partial charge in [0.25, 0.3) is 0 Å². The molecule has 0 spiro atoms. The lowest BCUT2D eigenvalue weighted by molar-refractivity contribution is 0.0195. The van der Waals surface area contributed by atoms with Crippen LogP contribution in [-0.4, -0.2) is 63.0 Å². The minimum absolute atomic E-state index is 0.534. The molecule has 1 aliphatic rings. The zero-order chi connectivity index (χ0) is 14.8. The molecule has 4 nitrogen and oxygen atoms in total. The van der Waals surface area contributed by atoms with Gasteiger partial charge in [-0.3, -0.25) is 0 Å². The van der Waals surface area contributed by atoms with Crippen LogP contribution in [0.25, 0.3) is 0 Å². The summed E-state index contributed by atoms with van der Waals surface area (Å²) in [5.74, 6) is 0.743. The predicted molar refractivity (Wildman–Crippen MR) is 84.2 cm³/mol. The van der Waals surface area contributed by atoms with Crippen molar-refractivity contribution in [3.8, 4) is 0 Å². The number of piperidine rings is 1. The Kier molecular flexibility index (Phi) is 9.44. The summed E-state index contributed by atoms with van der Waals surface area (Å²) in [5.41, 5.74) is 0. The van der Waals surface area contributed by atoms with E-state index in [0.717, 1.165) is 32.3 Å². The Bertz CT molecular complexity index is 227. The highest BCUT2D eigenvalue weighted by molar-refractivity contribution is 4.74. The van der Waals surface area contributed by atoms with E-state index in [4.69, 9.17) is 9.47 Å². The molecule has 0 aliphatic carbocycles. The standard InChI is InChI=1S/C16H34N2O2/c1-14(2)17-7-10-19-11-12-20-13-16-5-8-18(9-6-16)15(3)4/h14-17H,5-13H2,1-4H3. The third-order valence-electron chi connectivity index (χ3n) is 3.90. The second-order valence-corrected chi connectivity index (χ2v) is 6.37. The van der Waals surface area contributed by atoms with Crippen LogP contribution in [0.4, 0.5) is 0 Å². The van der Waals surface area contributed by atoms with Crippen molar-refractivity contribution < 1.29 is 9.47 Å². The van der Waals surface area contributed by atoms with Crippen molar-refractivity contribution >= 4 is 0 Å². The van der Waals surface area contributed by atoms with E-state index in [9.17, 15) is 0 Å². The Morgan fingerprint density at radius 3 is 2.25 bits per heavy atom. The number of hydrogen-bond acceptors (Lipinski definition) is 4. The molecule has 20 heavy (non-hydrogen) atoms. The summed E-state index contributed by atoms with van der Waals surface area (Å²) in [4.78, 5) is 2.56. The third kappa shape index (κ3) is 8.20. The first-order chi connectivity index (χ1) is 9.59. The van der Waals surface area contributed by atoms with Crippen LogP contribution in [0.3, 0.4) is 0 Å². The summed E-state index contributed by atoms with van der Waals surface area (Å²) in [7, 11) is 0. The lowest BCUT2D eigenvalue weighted by Gasteiger charge is -2.34. The van der Waals surface area contributed by atoms with Gasteiger partial charge in [0.2, 0.25) is 0 Å². The van der Waals surface area contributed by atoms with Gasteiger partial charge in [-0.2, -0.15) is 0 Å². The van der Waals surface area contributed by atoms with E-state index in [0.29, 0.717) is 18.7 Å². The van der Waals surface area contributed by atoms with Crippen LogP contribution in [0.5, 0.6) is 0 Å². The van der Waals surface area contributed by atoms with Gasteiger partial charge in [0.1, 0.15) is 0 Å². The van der Waals surface area contributed by atoms with E-state index in [2.05, 4.69) is 37.9 Å². The largest absolute Gasteiger partial charge is 0.379 e. The van der Waals surface area contributed by atoms with E-state index in [1.165, 1.54) is 25.9 Å². The zero-order valence-electron chi connectivity index (χ0n) is 13.9. The Balaban J connectivity index is 1.88. The van der Waals surface area contributed by atoms with E-state index in [1.54, 1.807) is 0 Å². The van der Waals surface area contributed by atoms with Crippen LogP contribution in [0.1, 0.15) is 40.5 Å². The maximum absolute atomic E-state index is 5.73. The molecule has 0 atom stereocenters. The van der Waals surface area contributed by atoms with Gasteiger partial charge in [0.15, 0.2) is 0 Å². The summed E-state index contributed by atoms with van der Waals surface area (Å²) in [6.45, 7) is 15.3. The predicted octanol–water partition coefficient (Wildman–Crippen LogP) is 2.14. The molecule has 4 heteroatoms. The van der Waals surface area contributed by atoms with E-state index < -0.39 is 0 Å². The van der Waals surface area contributed by atoms with Gasteiger partial charge >= 0.3 is 0 Å². The van der Waals surface area contributed by atoms with Crippen molar-refractivity contribution in [2.45, 2.75) is 52.6 Å². The van der Waals surface area contributed by atoms with Crippen LogP contribution in [-0.2, 0) is 9.47 Å². The molecule has 0 radical (unpaired) electrons. The van der Waals surface area contributed by atoms with Gasteiger partial charge in [-0.15, -0.1) is 0 Å². The quantitative estimate of drug-likeness (QED) is 0.624. The minimum atomic E-state index is 0.534. The van der Waals surface area contributed by atoms with E-state index in [-0.39, 0.29) is 0 Å². The van der Waals surface area contributed by atoms with Gasteiger partial charge in [-0.25, -0.2) is 0 Å². The van der Waals surface area contributed by atoms with Crippen molar-refractivity contribution in [2.24, 2.45) is 5.92 Å². The molecule has 1 heterocycles. The molecule has 0 amide bonds. The summed E-state index contributed by atoms with van der Waals surface area (Å²) in [6, 6.07) is 1.22. The number of rotatable bonds is 10. The van der Waals surface area contributed by atoms with Gasteiger partial charge in [0.05, 0.1) is 19.8 Å². The molecule has 1 aliphatic heterocycles. The number of likely N-dealkylation sites (tertiary alicyclic amines) is 1. The third-order valence-corrected chi connectivity index (χ3v) is 3.90. The van der Waals surface area contributed by atoms with Crippen LogP contribution >= 0.6 is 0 Å². The molecule has 0 aromatic rings. The van der Waals surface area contributed by atoms with Crippen LogP contribution < -0.4 is 5.32 Å². The Labute approximate surface area is 125 Å². The molecule has 0 aromatic carbocycles. The molecule has 1 rings (SSSR count). The second-order valence-electron chi connectivity index (χ2n) is 6.37. The molecular weight excluding hydrogens is 252 g/mol. The first kappa shape index (κ1) is 17.9. The molecule has 0 bridgehead atoms. The van der Waals surface area contributed by atoms with E-state index >= 15 is 0 Å². The number of nitrogens with one attached hydrogen (secondary N) is 1. The lowest BCUT2D eigenvalue weighted by atomic mass is 9.97. The highest BCUT2D eigenvalue weighted by Gasteiger charge is 2.20. The SMILES string of the molecule is CC(C)NCCOCCOCC1CCN(C(C)C)CC1. The molecular formula is C16H34N2O2. The molecule has 0 saturated carbocycles. The maximum atomic E-state index is 5.73. The summed E-state index contributed by atoms with van der Waals surface area (Å²) in [6.07, 6.45) is 2.55.